The summed E-state index contributed by atoms with van der Waals surface area (Å²) in [7, 11) is 0. The van der Waals surface area contributed by atoms with Gasteiger partial charge in [0, 0.05) is 0 Å². The summed E-state index contributed by atoms with van der Waals surface area (Å²) in [5.41, 5.74) is 3.78. The fourth-order valence-corrected chi connectivity index (χ4v) is 3.87. The maximum absolute atomic E-state index is 5.82. The Bertz CT molecular complexity index is 572. The first-order chi connectivity index (χ1) is 8.38. The van der Waals surface area contributed by atoms with E-state index in [2.05, 4.69) is 38.2 Å². The zero-order valence-electron chi connectivity index (χ0n) is 9.19. The molecule has 0 fully saturated rings. The van der Waals surface area contributed by atoms with Gasteiger partial charge in [0.25, 0.3) is 0 Å². The van der Waals surface area contributed by atoms with Gasteiger partial charge in [0.15, 0.2) is 0 Å². The van der Waals surface area contributed by atoms with Crippen molar-refractivity contribution in [3.05, 3.63) is 41.6 Å². The van der Waals surface area contributed by atoms with Gasteiger partial charge in [-0.15, -0.1) is 0 Å². The number of aromatic nitrogens is 2. The summed E-state index contributed by atoms with van der Waals surface area (Å²) < 4.78 is 3.33. The van der Waals surface area contributed by atoms with Gasteiger partial charge < -0.3 is 0 Å². The fourth-order valence-electron chi connectivity index (χ4n) is 1.87. The number of anilines is 1. The predicted molar refractivity (Wildman–Crippen MR) is 71.5 cm³/mol. The fraction of sp³-hybridized carbons (Fsp3) is 0.250. The van der Waals surface area contributed by atoms with E-state index in [4.69, 9.17) is 11.6 Å². The van der Waals surface area contributed by atoms with Crippen molar-refractivity contribution in [3.8, 4) is 0 Å². The molecule has 4 rings (SSSR count). The molecule has 0 aliphatic rings. The van der Waals surface area contributed by atoms with Crippen LogP contribution in [-0.2, 0) is 13.0 Å². The Labute approximate surface area is 111 Å². The van der Waals surface area contributed by atoms with Gasteiger partial charge in [-0.3, -0.25) is 0 Å². The molecule has 0 amide bonds. The van der Waals surface area contributed by atoms with Crippen LogP contribution >= 0.6 is 11.6 Å². The third-order valence-electron chi connectivity index (χ3n) is 2.73. The molecule has 0 unspecified atom stereocenters. The number of aryl methyl sites for hydroxylation is 1. The van der Waals surface area contributed by atoms with Crippen molar-refractivity contribution >= 4 is 36.4 Å². The number of fused-ring (bicyclic) bond motifs is 1. The molecule has 17 heavy (non-hydrogen) atoms. The van der Waals surface area contributed by atoms with E-state index >= 15 is 0 Å². The molecule has 0 aliphatic carbocycles. The number of benzene rings is 1. The quantitative estimate of drug-likeness (QED) is 0.578. The maximum atomic E-state index is 5.82. The van der Waals surface area contributed by atoms with Crippen LogP contribution < -0.4 is 5.32 Å². The molecule has 0 aliphatic heterocycles. The molecule has 0 radical (unpaired) electrons. The topological polar surface area (TPSA) is 29.3 Å². The molecule has 1 N–H and O–H groups in total. The van der Waals surface area contributed by atoms with E-state index in [1.807, 2.05) is 6.07 Å². The number of hydrogen-bond donors (Lipinski definition) is 1. The van der Waals surface area contributed by atoms with Crippen LogP contribution in [0, 0.1) is 0 Å². The molecule has 0 spiro atoms. The second-order valence-electron chi connectivity index (χ2n) is 3.87. The van der Waals surface area contributed by atoms with Gasteiger partial charge in [-0.2, -0.15) is 0 Å². The van der Waals surface area contributed by atoms with Crippen LogP contribution in [0.25, 0.3) is 4.39 Å². The molecular formula is C12H12ClN3Se. The van der Waals surface area contributed by atoms with Crippen LogP contribution in [0.1, 0.15) is 11.3 Å². The normalized spacial score (nSPS) is 11.4. The monoisotopic (exact) mass is 313 g/mol. The van der Waals surface area contributed by atoms with Crippen LogP contribution in [0.3, 0.4) is 0 Å². The van der Waals surface area contributed by atoms with E-state index in [1.54, 1.807) is 0 Å². The van der Waals surface area contributed by atoms with Gasteiger partial charge in [-0.1, -0.05) is 0 Å². The van der Waals surface area contributed by atoms with E-state index in [-0.39, 0.29) is 0 Å². The van der Waals surface area contributed by atoms with E-state index < -0.39 is 0 Å². The number of hydrogen-bond acceptors (Lipinski definition) is 2. The SMILES string of the molecule is ClCCc1c(NCc2ccccc2)c2nn1[se]2. The molecule has 5 heteroatoms. The average Bonchev–Trinajstić information content (AvgIpc) is 2.81. The molecule has 2 bridgehead atoms. The van der Waals surface area contributed by atoms with Gasteiger partial charge in [0.1, 0.15) is 0 Å². The first kappa shape index (κ1) is 11.1. The zero-order chi connectivity index (χ0) is 11.7. The van der Waals surface area contributed by atoms with Crippen LogP contribution in [0.15, 0.2) is 30.3 Å². The van der Waals surface area contributed by atoms with Gasteiger partial charge >= 0.3 is 111 Å². The first-order valence-corrected chi connectivity index (χ1v) is 7.68. The van der Waals surface area contributed by atoms with Crippen molar-refractivity contribution < 1.29 is 0 Å². The van der Waals surface area contributed by atoms with Crippen molar-refractivity contribution in [1.29, 1.82) is 0 Å². The molecule has 0 atom stereocenters. The van der Waals surface area contributed by atoms with E-state index in [1.165, 1.54) is 21.3 Å². The van der Waals surface area contributed by atoms with Crippen molar-refractivity contribution in [1.82, 2.24) is 8.61 Å². The Kier molecular flexibility index (Phi) is 3.10. The molecule has 88 valence electrons. The number of alkyl halides is 1. The predicted octanol–water partition coefficient (Wildman–Crippen LogP) is 2.22. The molecule has 4 aromatic rings. The van der Waals surface area contributed by atoms with Crippen molar-refractivity contribution in [2.24, 2.45) is 0 Å². The van der Waals surface area contributed by atoms with Crippen LogP contribution in [0.5, 0.6) is 0 Å². The minimum atomic E-state index is 0.403. The Morgan fingerprint density at radius 3 is 2.76 bits per heavy atom. The Hall–Kier alpha value is -0.961. The summed E-state index contributed by atoms with van der Waals surface area (Å²) in [6.07, 6.45) is 0.896. The van der Waals surface area contributed by atoms with E-state index in [9.17, 15) is 0 Å². The van der Waals surface area contributed by atoms with Gasteiger partial charge in [-0.25, -0.2) is 0 Å². The number of halogens is 1. The Balaban J connectivity index is 1.74. The van der Waals surface area contributed by atoms with E-state index in [0.717, 1.165) is 13.0 Å². The van der Waals surface area contributed by atoms with Crippen molar-refractivity contribution in [3.63, 3.8) is 0 Å². The van der Waals surface area contributed by atoms with Crippen LogP contribution in [0.4, 0.5) is 5.69 Å². The summed E-state index contributed by atoms with van der Waals surface area (Å²) in [5, 5.41) is 7.90. The Morgan fingerprint density at radius 1 is 1.29 bits per heavy atom. The summed E-state index contributed by atoms with van der Waals surface area (Å²) in [6, 6.07) is 10.4. The van der Waals surface area contributed by atoms with Crippen molar-refractivity contribution in [2.45, 2.75) is 13.0 Å². The molecule has 3 aromatic heterocycles. The number of nitrogens with one attached hydrogen (secondary N) is 1. The molecule has 0 saturated carbocycles. The van der Waals surface area contributed by atoms with Crippen molar-refractivity contribution in [2.75, 3.05) is 11.2 Å². The Morgan fingerprint density at radius 2 is 2.06 bits per heavy atom. The minimum absolute atomic E-state index is 0.403. The standard InChI is InChI=1S/C12H12ClN3Se/c13-7-6-10-11(12-15-16(10)17-12)14-8-9-4-2-1-3-5-9/h1-5,14H,6-8H2. The molecule has 3 nitrogen and oxygen atoms in total. The van der Waals surface area contributed by atoms with Crippen LogP contribution in [0.2, 0.25) is 0 Å². The van der Waals surface area contributed by atoms with Gasteiger partial charge in [0.2, 0.25) is 0 Å². The van der Waals surface area contributed by atoms with Crippen LogP contribution in [-0.4, -0.2) is 29.2 Å². The summed E-state index contributed by atoms with van der Waals surface area (Å²) in [5.74, 6) is 0.654. The summed E-state index contributed by atoms with van der Waals surface area (Å²) in [6.45, 7) is 0.852. The summed E-state index contributed by atoms with van der Waals surface area (Å²) in [4.78, 5) is 0. The third-order valence-corrected chi connectivity index (χ3v) is 4.88. The van der Waals surface area contributed by atoms with Gasteiger partial charge in [-0.05, 0) is 0 Å². The number of nitrogens with zero attached hydrogens (tertiary/aromatic N) is 2. The third kappa shape index (κ3) is 2.08. The first-order valence-electron chi connectivity index (χ1n) is 5.52. The van der Waals surface area contributed by atoms with E-state index in [0.29, 0.717) is 20.6 Å². The molecular weight excluding hydrogens is 301 g/mol. The zero-order valence-corrected chi connectivity index (χ0v) is 11.7. The van der Waals surface area contributed by atoms with Gasteiger partial charge in [0.05, 0.1) is 0 Å². The second kappa shape index (κ2) is 4.73. The number of rotatable bonds is 5. The second-order valence-corrected chi connectivity index (χ2v) is 6.17. The molecule has 3 heterocycles. The molecule has 0 saturated heterocycles. The molecule has 1 aromatic carbocycles. The average molecular weight is 313 g/mol. The summed E-state index contributed by atoms with van der Waals surface area (Å²) >= 11 is 6.22.